The van der Waals surface area contributed by atoms with Crippen molar-refractivity contribution in [2.45, 2.75) is 12.7 Å². The van der Waals surface area contributed by atoms with Crippen molar-refractivity contribution < 1.29 is 4.92 Å². The van der Waals surface area contributed by atoms with Crippen LogP contribution >= 0.6 is 11.8 Å². The van der Waals surface area contributed by atoms with Gasteiger partial charge in [-0.05, 0) is 18.6 Å². The summed E-state index contributed by atoms with van der Waals surface area (Å²) >= 11 is 1.70. The zero-order valence-corrected chi connectivity index (χ0v) is 12.7. The van der Waals surface area contributed by atoms with Gasteiger partial charge in [0.15, 0.2) is 5.84 Å². The molecule has 0 aliphatic heterocycles. The van der Waals surface area contributed by atoms with E-state index in [0.717, 1.165) is 17.2 Å². The van der Waals surface area contributed by atoms with Crippen LogP contribution in [-0.2, 0) is 5.75 Å². The monoisotopic (exact) mass is 306 g/mol. The molecule has 0 aliphatic rings. The lowest BCUT2D eigenvalue weighted by Gasteiger charge is -2.05. The molecule has 0 saturated heterocycles. The zero-order chi connectivity index (χ0) is 15.5. The van der Waals surface area contributed by atoms with Gasteiger partial charge in [-0.25, -0.2) is 0 Å². The average molecular weight is 306 g/mol. The molecule has 0 atom stereocenters. The number of terminal acetylenes is 1. The molecule has 6 nitrogen and oxygen atoms in total. The number of amidine groups is 1. The molecule has 21 heavy (non-hydrogen) atoms. The van der Waals surface area contributed by atoms with Crippen LogP contribution in [0.1, 0.15) is 11.3 Å². The zero-order valence-electron chi connectivity index (χ0n) is 11.9. The molecule has 0 aliphatic carbocycles. The van der Waals surface area contributed by atoms with Crippen molar-refractivity contribution in [2.24, 2.45) is 4.99 Å². The molecule has 0 saturated carbocycles. The highest BCUT2D eigenvalue weighted by Gasteiger charge is 2.05. The SMILES string of the molecule is C#CCNC(C[N+](=O)[O-])=NCCSCc1ncccc1C. The second-order valence-electron chi connectivity index (χ2n) is 4.20. The van der Waals surface area contributed by atoms with Crippen LogP contribution in [0.25, 0.3) is 0 Å². The highest BCUT2D eigenvalue weighted by molar-refractivity contribution is 7.98. The molecule has 7 heteroatoms. The van der Waals surface area contributed by atoms with Gasteiger partial charge in [0.2, 0.25) is 0 Å². The summed E-state index contributed by atoms with van der Waals surface area (Å²) in [7, 11) is 0. The van der Waals surface area contributed by atoms with E-state index in [1.54, 1.807) is 18.0 Å². The highest BCUT2D eigenvalue weighted by atomic mass is 32.2. The third-order valence-corrected chi connectivity index (χ3v) is 3.52. The number of hydrogen-bond acceptors (Lipinski definition) is 5. The summed E-state index contributed by atoms with van der Waals surface area (Å²) in [6, 6.07) is 3.94. The van der Waals surface area contributed by atoms with E-state index in [9.17, 15) is 10.1 Å². The summed E-state index contributed by atoms with van der Waals surface area (Å²) in [6.45, 7) is 2.45. The molecular weight excluding hydrogens is 288 g/mol. The summed E-state index contributed by atoms with van der Waals surface area (Å²) in [5, 5.41) is 13.3. The van der Waals surface area contributed by atoms with Crippen LogP contribution < -0.4 is 5.32 Å². The molecule has 1 aromatic heterocycles. The van der Waals surface area contributed by atoms with Gasteiger partial charge in [0.25, 0.3) is 6.54 Å². The quantitative estimate of drug-likeness (QED) is 0.197. The van der Waals surface area contributed by atoms with Crippen LogP contribution in [0.4, 0.5) is 0 Å². The Morgan fingerprint density at radius 3 is 3.14 bits per heavy atom. The van der Waals surface area contributed by atoms with E-state index >= 15 is 0 Å². The van der Waals surface area contributed by atoms with Gasteiger partial charge in [0.1, 0.15) is 0 Å². The summed E-state index contributed by atoms with van der Waals surface area (Å²) in [5.41, 5.74) is 2.22. The summed E-state index contributed by atoms with van der Waals surface area (Å²) < 4.78 is 0. The fourth-order valence-corrected chi connectivity index (χ4v) is 2.38. The van der Waals surface area contributed by atoms with Gasteiger partial charge < -0.3 is 5.32 Å². The Hall–Kier alpha value is -2.07. The Morgan fingerprint density at radius 1 is 1.67 bits per heavy atom. The lowest BCUT2D eigenvalue weighted by atomic mass is 10.2. The molecular formula is C14H18N4O2S. The number of pyridine rings is 1. The van der Waals surface area contributed by atoms with Crippen LogP contribution in [0, 0.1) is 29.4 Å². The van der Waals surface area contributed by atoms with Gasteiger partial charge >= 0.3 is 0 Å². The maximum Gasteiger partial charge on any atom is 0.259 e. The number of aryl methyl sites for hydroxylation is 1. The highest BCUT2D eigenvalue weighted by Crippen LogP contribution is 2.12. The minimum absolute atomic E-state index is 0.243. The number of aromatic nitrogens is 1. The van der Waals surface area contributed by atoms with Gasteiger partial charge in [0.05, 0.1) is 18.8 Å². The van der Waals surface area contributed by atoms with Gasteiger partial charge in [-0.3, -0.25) is 20.1 Å². The fourth-order valence-electron chi connectivity index (χ4n) is 1.52. The predicted molar refractivity (Wildman–Crippen MR) is 86.1 cm³/mol. The first-order valence-electron chi connectivity index (χ1n) is 6.44. The molecule has 1 aromatic rings. The van der Waals surface area contributed by atoms with E-state index in [4.69, 9.17) is 6.42 Å². The maximum absolute atomic E-state index is 10.5. The van der Waals surface area contributed by atoms with Gasteiger partial charge in [-0.1, -0.05) is 12.0 Å². The number of thioether (sulfide) groups is 1. The van der Waals surface area contributed by atoms with Crippen LogP contribution in [-0.4, -0.2) is 41.1 Å². The normalized spacial score (nSPS) is 11.0. The van der Waals surface area contributed by atoms with Gasteiger partial charge in [0, 0.05) is 22.6 Å². The Bertz CT molecular complexity index is 540. The largest absolute Gasteiger partial charge is 0.357 e. The lowest BCUT2D eigenvalue weighted by molar-refractivity contribution is -0.463. The van der Waals surface area contributed by atoms with Crippen molar-refractivity contribution in [3.05, 3.63) is 39.7 Å². The molecule has 0 amide bonds. The molecule has 0 unspecified atom stereocenters. The molecule has 1 rings (SSSR count). The van der Waals surface area contributed by atoms with Crippen molar-refractivity contribution in [2.75, 3.05) is 25.4 Å². The standard InChI is InChI=1S/C14H18N4O2S/c1-3-6-16-14(10-18(19)20)17-8-9-21-11-13-12(2)5-4-7-15-13/h1,4-5,7H,6,8-11H2,2H3,(H,16,17). The van der Waals surface area contributed by atoms with Crippen molar-refractivity contribution in [3.63, 3.8) is 0 Å². The Labute approximate surface area is 128 Å². The summed E-state index contributed by atoms with van der Waals surface area (Å²) in [6.07, 6.45) is 6.89. The maximum atomic E-state index is 10.5. The van der Waals surface area contributed by atoms with E-state index in [-0.39, 0.29) is 13.1 Å². The van der Waals surface area contributed by atoms with Gasteiger partial charge in [-0.2, -0.15) is 11.8 Å². The van der Waals surface area contributed by atoms with Crippen LogP contribution in [0.5, 0.6) is 0 Å². The minimum Gasteiger partial charge on any atom is -0.357 e. The summed E-state index contributed by atoms with van der Waals surface area (Å²) in [4.78, 5) is 18.6. The Kier molecular flexibility index (Phi) is 7.90. The van der Waals surface area contributed by atoms with Crippen molar-refractivity contribution in [3.8, 4) is 12.3 Å². The third kappa shape index (κ3) is 7.32. The third-order valence-electron chi connectivity index (χ3n) is 2.57. The van der Waals surface area contributed by atoms with Gasteiger partial charge in [-0.15, -0.1) is 6.42 Å². The van der Waals surface area contributed by atoms with E-state index < -0.39 is 4.92 Å². The summed E-state index contributed by atoms with van der Waals surface area (Å²) in [5.74, 6) is 4.28. The first-order valence-corrected chi connectivity index (χ1v) is 7.59. The number of nitrogens with zero attached hydrogens (tertiary/aromatic N) is 3. The van der Waals surface area contributed by atoms with Crippen LogP contribution in [0.3, 0.4) is 0 Å². The van der Waals surface area contributed by atoms with Crippen molar-refractivity contribution >= 4 is 17.6 Å². The molecule has 0 aromatic carbocycles. The van der Waals surface area contributed by atoms with E-state index in [1.165, 1.54) is 5.56 Å². The number of nitrogens with one attached hydrogen (secondary N) is 1. The minimum atomic E-state index is -0.424. The smallest absolute Gasteiger partial charge is 0.259 e. The number of rotatable bonds is 8. The molecule has 112 valence electrons. The predicted octanol–water partition coefficient (Wildman–Crippen LogP) is 1.52. The fraction of sp³-hybridized carbons (Fsp3) is 0.429. The second-order valence-corrected chi connectivity index (χ2v) is 5.30. The number of aliphatic imine (C=N–C) groups is 1. The topological polar surface area (TPSA) is 80.4 Å². The molecule has 0 bridgehead atoms. The van der Waals surface area contributed by atoms with E-state index in [0.29, 0.717) is 12.4 Å². The van der Waals surface area contributed by atoms with Crippen molar-refractivity contribution in [1.29, 1.82) is 0 Å². The first-order chi connectivity index (χ1) is 10.1. The van der Waals surface area contributed by atoms with Crippen LogP contribution in [0.15, 0.2) is 23.3 Å². The second kappa shape index (κ2) is 9.77. The molecule has 1 N–H and O–H groups in total. The average Bonchev–Trinajstić information content (AvgIpc) is 2.45. The molecule has 0 spiro atoms. The Morgan fingerprint density at radius 2 is 2.48 bits per heavy atom. The van der Waals surface area contributed by atoms with Crippen molar-refractivity contribution in [1.82, 2.24) is 10.3 Å². The van der Waals surface area contributed by atoms with E-state index in [1.807, 2.05) is 19.1 Å². The Balaban J connectivity index is 2.35. The number of nitro groups is 1. The molecule has 0 radical (unpaired) electrons. The lowest BCUT2D eigenvalue weighted by Crippen LogP contribution is -2.31. The molecule has 1 heterocycles. The van der Waals surface area contributed by atoms with E-state index in [2.05, 4.69) is 21.2 Å². The molecule has 0 fully saturated rings. The van der Waals surface area contributed by atoms with Crippen LogP contribution in [0.2, 0.25) is 0 Å². The first kappa shape index (κ1) is 17.0. The number of hydrogen-bond donors (Lipinski definition) is 1.